The van der Waals surface area contributed by atoms with Crippen LogP contribution in [0.1, 0.15) is 59.3 Å². The van der Waals surface area contributed by atoms with Crippen LogP contribution in [-0.2, 0) is 14.3 Å². The van der Waals surface area contributed by atoms with E-state index in [2.05, 4.69) is 12.2 Å². The molecule has 0 aromatic carbocycles. The third kappa shape index (κ3) is 3.23. The Bertz CT molecular complexity index is 408. The van der Waals surface area contributed by atoms with Crippen molar-refractivity contribution in [2.24, 2.45) is 0 Å². The molecular weight excluding hydrogens is 268 g/mol. The van der Waals surface area contributed by atoms with E-state index in [-0.39, 0.29) is 30.0 Å². The fourth-order valence-electron chi connectivity index (χ4n) is 3.59. The van der Waals surface area contributed by atoms with Gasteiger partial charge in [0.15, 0.2) is 0 Å². The van der Waals surface area contributed by atoms with Crippen molar-refractivity contribution in [2.75, 3.05) is 7.11 Å². The molecule has 1 N–H and O–H groups in total. The quantitative estimate of drug-likeness (QED) is 0.861. The van der Waals surface area contributed by atoms with Gasteiger partial charge in [0.25, 0.3) is 0 Å². The van der Waals surface area contributed by atoms with Crippen LogP contribution < -0.4 is 5.32 Å². The highest BCUT2D eigenvalue weighted by Gasteiger charge is 2.48. The van der Waals surface area contributed by atoms with Crippen LogP contribution in [0, 0.1) is 0 Å². The summed E-state index contributed by atoms with van der Waals surface area (Å²) in [6.07, 6.45) is 5.72. The second-order valence-electron chi connectivity index (χ2n) is 6.81. The monoisotopic (exact) mass is 296 g/mol. The zero-order chi connectivity index (χ0) is 15.6. The molecule has 1 saturated carbocycles. The second kappa shape index (κ2) is 6.34. The first-order valence-corrected chi connectivity index (χ1v) is 8.08. The van der Waals surface area contributed by atoms with Crippen LogP contribution in [0.5, 0.6) is 0 Å². The summed E-state index contributed by atoms with van der Waals surface area (Å²) in [5.74, 6) is 0.0308. The lowest BCUT2D eigenvalue weighted by atomic mass is 9.86. The van der Waals surface area contributed by atoms with Crippen molar-refractivity contribution in [3.8, 4) is 0 Å². The molecule has 0 radical (unpaired) electrons. The first-order chi connectivity index (χ1) is 9.90. The van der Waals surface area contributed by atoms with Crippen molar-refractivity contribution in [3.05, 3.63) is 0 Å². The molecule has 5 nitrogen and oxygen atoms in total. The van der Waals surface area contributed by atoms with Crippen molar-refractivity contribution < 1.29 is 14.3 Å². The molecule has 0 bridgehead atoms. The van der Waals surface area contributed by atoms with Gasteiger partial charge in [-0.25, -0.2) is 0 Å². The summed E-state index contributed by atoms with van der Waals surface area (Å²) < 4.78 is 5.48. The van der Waals surface area contributed by atoms with E-state index >= 15 is 0 Å². The Labute approximate surface area is 127 Å². The third-order valence-electron chi connectivity index (χ3n) is 4.73. The van der Waals surface area contributed by atoms with E-state index in [9.17, 15) is 9.59 Å². The Morgan fingerprint density at radius 3 is 2.67 bits per heavy atom. The number of ether oxygens (including phenoxy) is 1. The third-order valence-corrected chi connectivity index (χ3v) is 4.73. The summed E-state index contributed by atoms with van der Waals surface area (Å²) in [7, 11) is 1.73. The summed E-state index contributed by atoms with van der Waals surface area (Å²) in [5, 5.41) is 2.87. The smallest absolute Gasteiger partial charge is 0.248 e. The minimum Gasteiger partial charge on any atom is -0.381 e. The number of methoxy groups -OCH3 is 1. The molecule has 2 rings (SSSR count). The predicted molar refractivity (Wildman–Crippen MR) is 80.8 cm³/mol. The Balaban J connectivity index is 2.25. The fraction of sp³-hybridized carbons (Fsp3) is 0.875. The maximum Gasteiger partial charge on any atom is 0.248 e. The molecule has 3 unspecified atom stereocenters. The van der Waals surface area contributed by atoms with E-state index in [0.717, 1.165) is 38.5 Å². The number of amides is 2. The average molecular weight is 296 g/mol. The Morgan fingerprint density at radius 2 is 2.05 bits per heavy atom. The van der Waals surface area contributed by atoms with Gasteiger partial charge in [0.1, 0.15) is 11.6 Å². The normalized spacial score (nSPS) is 33.0. The van der Waals surface area contributed by atoms with Gasteiger partial charge in [-0.15, -0.1) is 0 Å². The molecule has 3 atom stereocenters. The van der Waals surface area contributed by atoms with Crippen molar-refractivity contribution >= 4 is 11.8 Å². The molecule has 0 spiro atoms. The number of nitrogens with one attached hydrogen (secondary N) is 1. The van der Waals surface area contributed by atoms with E-state index in [1.807, 2.05) is 4.90 Å². The molecule has 1 heterocycles. The molecule has 0 aromatic heterocycles. The Kier molecular flexibility index (Phi) is 4.91. The zero-order valence-electron chi connectivity index (χ0n) is 13.6. The zero-order valence-corrected chi connectivity index (χ0v) is 13.6. The van der Waals surface area contributed by atoms with E-state index in [4.69, 9.17) is 4.74 Å². The van der Waals surface area contributed by atoms with Gasteiger partial charge >= 0.3 is 0 Å². The summed E-state index contributed by atoms with van der Waals surface area (Å²) in [4.78, 5) is 27.1. The van der Waals surface area contributed by atoms with Crippen LogP contribution >= 0.6 is 0 Å². The number of piperazine rings is 1. The molecule has 0 aromatic rings. The molecule has 2 amide bonds. The minimum atomic E-state index is -0.804. The molecular formula is C16H28N2O3. The van der Waals surface area contributed by atoms with Crippen molar-refractivity contribution in [3.63, 3.8) is 0 Å². The number of carbonyl (C=O) groups excluding carboxylic acids is 2. The molecule has 2 fully saturated rings. The van der Waals surface area contributed by atoms with Crippen molar-refractivity contribution in [2.45, 2.75) is 83.0 Å². The number of nitrogens with zero attached hydrogens (tertiary/aromatic N) is 1. The lowest BCUT2D eigenvalue weighted by molar-refractivity contribution is -0.158. The Morgan fingerprint density at radius 1 is 1.33 bits per heavy atom. The number of hydrogen-bond acceptors (Lipinski definition) is 3. The average Bonchev–Trinajstić information content (AvgIpc) is 2.45. The van der Waals surface area contributed by atoms with Gasteiger partial charge in [-0.05, 0) is 46.0 Å². The first kappa shape index (κ1) is 16.3. The molecule has 5 heteroatoms. The summed E-state index contributed by atoms with van der Waals surface area (Å²) in [5.41, 5.74) is -0.804. The summed E-state index contributed by atoms with van der Waals surface area (Å²) in [6.45, 7) is 5.63. The van der Waals surface area contributed by atoms with Gasteiger partial charge < -0.3 is 15.0 Å². The second-order valence-corrected chi connectivity index (χ2v) is 6.81. The van der Waals surface area contributed by atoms with Gasteiger partial charge in [-0.2, -0.15) is 0 Å². The largest absolute Gasteiger partial charge is 0.381 e. The topological polar surface area (TPSA) is 58.6 Å². The minimum absolute atomic E-state index is 0.0130. The van der Waals surface area contributed by atoms with Gasteiger partial charge in [-0.3, -0.25) is 9.59 Å². The van der Waals surface area contributed by atoms with Gasteiger partial charge in [0.05, 0.1) is 6.10 Å². The summed E-state index contributed by atoms with van der Waals surface area (Å²) in [6, 6.07) is -0.200. The van der Waals surface area contributed by atoms with Crippen LogP contribution in [0.2, 0.25) is 0 Å². The van der Waals surface area contributed by atoms with Gasteiger partial charge in [-0.1, -0.05) is 13.3 Å². The van der Waals surface area contributed by atoms with Crippen LogP contribution in [0.25, 0.3) is 0 Å². The number of rotatable bonds is 4. The van der Waals surface area contributed by atoms with Gasteiger partial charge in [0, 0.05) is 13.2 Å². The van der Waals surface area contributed by atoms with Crippen LogP contribution in [0.4, 0.5) is 0 Å². The molecule has 21 heavy (non-hydrogen) atoms. The summed E-state index contributed by atoms with van der Waals surface area (Å²) >= 11 is 0. The standard InChI is InChI=1S/C16H28N2O3/c1-5-7-13-14(19)17-16(2,3)15(20)18(13)11-8-6-9-12(10-11)21-4/h11-13H,5-10H2,1-4H3,(H,17,19). The Hall–Kier alpha value is -1.10. The van der Waals surface area contributed by atoms with E-state index in [0.29, 0.717) is 0 Å². The molecule has 120 valence electrons. The molecule has 1 saturated heterocycles. The van der Waals surface area contributed by atoms with Crippen LogP contribution in [-0.4, -0.2) is 47.6 Å². The van der Waals surface area contributed by atoms with E-state index < -0.39 is 5.54 Å². The highest BCUT2D eigenvalue weighted by atomic mass is 16.5. The van der Waals surface area contributed by atoms with Crippen molar-refractivity contribution in [1.29, 1.82) is 0 Å². The highest BCUT2D eigenvalue weighted by Crippen LogP contribution is 2.31. The molecule has 1 aliphatic heterocycles. The number of carbonyl (C=O) groups is 2. The molecule has 1 aliphatic carbocycles. The van der Waals surface area contributed by atoms with E-state index in [1.54, 1.807) is 21.0 Å². The van der Waals surface area contributed by atoms with Crippen molar-refractivity contribution in [1.82, 2.24) is 10.2 Å². The lowest BCUT2D eigenvalue weighted by Gasteiger charge is -2.48. The van der Waals surface area contributed by atoms with Crippen LogP contribution in [0.15, 0.2) is 0 Å². The SMILES string of the molecule is CCCC1C(=O)NC(C)(C)C(=O)N1C1CCCC(OC)C1. The first-order valence-electron chi connectivity index (χ1n) is 8.08. The maximum absolute atomic E-state index is 12.8. The van der Waals surface area contributed by atoms with E-state index in [1.165, 1.54) is 0 Å². The van der Waals surface area contributed by atoms with Crippen LogP contribution in [0.3, 0.4) is 0 Å². The maximum atomic E-state index is 12.8. The number of hydrogen-bond donors (Lipinski definition) is 1. The highest BCUT2D eigenvalue weighted by molar-refractivity contribution is 5.99. The fourth-order valence-corrected chi connectivity index (χ4v) is 3.59. The predicted octanol–water partition coefficient (Wildman–Crippen LogP) is 1.85. The molecule has 2 aliphatic rings. The lowest BCUT2D eigenvalue weighted by Crippen LogP contribution is -2.70. The van der Waals surface area contributed by atoms with Gasteiger partial charge in [0.2, 0.25) is 11.8 Å².